The maximum Gasteiger partial charge on any atom is 0.320 e. The minimum atomic E-state index is -0.693. The molecule has 4 aliphatic rings. The molecular formula is C18H20N4O3. The number of imide groups is 1. The number of anilines is 1. The van der Waals surface area contributed by atoms with Gasteiger partial charge in [-0.05, 0) is 43.7 Å². The monoisotopic (exact) mass is 340 g/mol. The molecule has 2 fully saturated rings. The smallest absolute Gasteiger partial charge is 0.317 e. The normalized spacial score (nSPS) is 31.0. The van der Waals surface area contributed by atoms with Gasteiger partial charge < -0.3 is 10.6 Å². The average molecular weight is 340 g/mol. The van der Waals surface area contributed by atoms with Crippen molar-refractivity contribution in [2.45, 2.75) is 25.9 Å². The second kappa shape index (κ2) is 5.98. The second-order valence-corrected chi connectivity index (χ2v) is 6.90. The number of pyridine rings is 1. The van der Waals surface area contributed by atoms with Crippen LogP contribution in [0.2, 0.25) is 0 Å². The summed E-state index contributed by atoms with van der Waals surface area (Å²) in [5, 5.41) is 5.32. The van der Waals surface area contributed by atoms with Crippen molar-refractivity contribution in [2.24, 2.45) is 23.7 Å². The van der Waals surface area contributed by atoms with Gasteiger partial charge in [-0.25, -0.2) is 4.79 Å². The third-order valence-corrected chi connectivity index (χ3v) is 5.44. The highest BCUT2D eigenvalue weighted by Crippen LogP contribution is 2.49. The van der Waals surface area contributed by atoms with Crippen LogP contribution in [-0.2, 0) is 9.59 Å². The lowest BCUT2D eigenvalue weighted by Gasteiger charge is -2.38. The SMILES string of the molecule is C[C@H](NC(=O)Nc1cccnc1)N1C(=O)[C@H]2[C@H](C1=O)[C@H]1C=C[C@H]2CC1. The van der Waals surface area contributed by atoms with Crippen LogP contribution in [0.15, 0.2) is 36.7 Å². The van der Waals surface area contributed by atoms with Crippen LogP contribution in [0.3, 0.4) is 0 Å². The Morgan fingerprint density at radius 3 is 2.36 bits per heavy atom. The van der Waals surface area contributed by atoms with Gasteiger partial charge in [-0.1, -0.05) is 12.2 Å². The molecule has 1 aromatic rings. The lowest BCUT2D eigenvalue weighted by Crippen LogP contribution is -2.50. The summed E-state index contributed by atoms with van der Waals surface area (Å²) in [6.45, 7) is 1.66. The van der Waals surface area contributed by atoms with Gasteiger partial charge in [-0.2, -0.15) is 0 Å². The Labute approximate surface area is 145 Å². The molecule has 1 aliphatic heterocycles. The number of urea groups is 1. The summed E-state index contributed by atoms with van der Waals surface area (Å²) in [5.41, 5.74) is 0.544. The fraction of sp³-hybridized carbons (Fsp3) is 0.444. The third kappa shape index (κ3) is 2.59. The van der Waals surface area contributed by atoms with Crippen molar-refractivity contribution >= 4 is 23.5 Å². The molecule has 1 saturated heterocycles. The number of allylic oxidation sites excluding steroid dienone is 2. The van der Waals surface area contributed by atoms with E-state index in [1.807, 2.05) is 0 Å². The fourth-order valence-electron chi connectivity index (χ4n) is 4.34. The first-order valence-corrected chi connectivity index (χ1v) is 8.59. The number of nitrogens with zero attached hydrogens (tertiary/aromatic N) is 2. The van der Waals surface area contributed by atoms with Crippen LogP contribution in [0.25, 0.3) is 0 Å². The van der Waals surface area contributed by atoms with Crippen LogP contribution in [0, 0.1) is 23.7 Å². The van der Waals surface area contributed by atoms with Gasteiger partial charge in [0.25, 0.3) is 0 Å². The summed E-state index contributed by atoms with van der Waals surface area (Å²) in [6, 6.07) is 2.94. The second-order valence-electron chi connectivity index (χ2n) is 6.90. The van der Waals surface area contributed by atoms with E-state index < -0.39 is 12.2 Å². The molecule has 4 amide bonds. The summed E-state index contributed by atoms with van der Waals surface area (Å²) in [5.74, 6) is -0.559. The molecule has 25 heavy (non-hydrogen) atoms. The van der Waals surface area contributed by atoms with Crippen molar-refractivity contribution in [3.8, 4) is 0 Å². The Bertz CT molecular complexity index is 716. The summed E-state index contributed by atoms with van der Waals surface area (Å²) >= 11 is 0. The van der Waals surface area contributed by atoms with Crippen LogP contribution in [0.4, 0.5) is 10.5 Å². The Morgan fingerprint density at radius 1 is 1.20 bits per heavy atom. The molecule has 7 heteroatoms. The van der Waals surface area contributed by atoms with Crippen LogP contribution < -0.4 is 10.6 Å². The lowest BCUT2D eigenvalue weighted by molar-refractivity contribution is -0.142. The number of nitrogens with one attached hydrogen (secondary N) is 2. The number of likely N-dealkylation sites (tertiary alicyclic amines) is 1. The van der Waals surface area contributed by atoms with Gasteiger partial charge in [-0.15, -0.1) is 0 Å². The highest BCUT2D eigenvalue weighted by Gasteiger charge is 2.57. The first kappa shape index (κ1) is 15.8. The van der Waals surface area contributed by atoms with Gasteiger partial charge in [0, 0.05) is 6.20 Å². The molecule has 5 rings (SSSR count). The zero-order chi connectivity index (χ0) is 17.6. The molecule has 1 aromatic heterocycles. The summed E-state index contributed by atoms with van der Waals surface area (Å²) < 4.78 is 0. The number of aromatic nitrogens is 1. The fourth-order valence-corrected chi connectivity index (χ4v) is 4.34. The first-order chi connectivity index (χ1) is 12.1. The minimum absolute atomic E-state index is 0.146. The van der Waals surface area contributed by atoms with Crippen molar-refractivity contribution in [3.63, 3.8) is 0 Å². The van der Waals surface area contributed by atoms with Crippen molar-refractivity contribution in [1.82, 2.24) is 15.2 Å². The van der Waals surface area contributed by atoms with Gasteiger partial charge in [0.1, 0.15) is 6.17 Å². The number of hydrogen-bond donors (Lipinski definition) is 2. The molecule has 0 unspecified atom stereocenters. The average Bonchev–Trinajstić information content (AvgIpc) is 2.90. The minimum Gasteiger partial charge on any atom is -0.317 e. The molecule has 2 bridgehead atoms. The maximum atomic E-state index is 12.8. The molecule has 3 aliphatic carbocycles. The largest absolute Gasteiger partial charge is 0.320 e. The Balaban J connectivity index is 1.46. The highest BCUT2D eigenvalue weighted by molar-refractivity contribution is 6.06. The van der Waals surface area contributed by atoms with Crippen LogP contribution in [-0.4, -0.2) is 33.9 Å². The number of hydrogen-bond acceptors (Lipinski definition) is 4. The van der Waals surface area contributed by atoms with Crippen LogP contribution in [0.1, 0.15) is 19.8 Å². The van der Waals surface area contributed by atoms with E-state index in [1.54, 1.807) is 25.3 Å². The van der Waals surface area contributed by atoms with Crippen LogP contribution in [0.5, 0.6) is 0 Å². The molecule has 7 nitrogen and oxygen atoms in total. The predicted octanol–water partition coefficient (Wildman–Crippen LogP) is 1.75. The van der Waals surface area contributed by atoms with Gasteiger partial charge in [0.05, 0.1) is 23.7 Å². The molecule has 0 spiro atoms. The summed E-state index contributed by atoms with van der Waals surface area (Å²) in [4.78, 5) is 42.9. The topological polar surface area (TPSA) is 91.4 Å². The van der Waals surface area contributed by atoms with Crippen molar-refractivity contribution in [1.29, 1.82) is 0 Å². The van der Waals surface area contributed by atoms with Crippen molar-refractivity contribution in [2.75, 3.05) is 5.32 Å². The van der Waals surface area contributed by atoms with Gasteiger partial charge in [0.2, 0.25) is 11.8 Å². The van der Waals surface area contributed by atoms with E-state index in [0.717, 1.165) is 12.8 Å². The number of carbonyl (C=O) groups excluding carboxylic acids is 3. The zero-order valence-electron chi connectivity index (χ0n) is 13.9. The molecule has 0 aromatic carbocycles. The Kier molecular flexibility index (Phi) is 3.78. The molecule has 0 radical (unpaired) electrons. The van der Waals surface area contributed by atoms with Gasteiger partial charge in [-0.3, -0.25) is 19.5 Å². The molecular weight excluding hydrogens is 320 g/mol. The number of amides is 4. The number of carbonyl (C=O) groups is 3. The lowest BCUT2D eigenvalue weighted by atomic mass is 9.63. The molecule has 2 heterocycles. The molecule has 5 atom stereocenters. The van der Waals surface area contributed by atoms with Crippen molar-refractivity contribution in [3.05, 3.63) is 36.7 Å². The van der Waals surface area contributed by atoms with Gasteiger partial charge in [0.15, 0.2) is 0 Å². The molecule has 130 valence electrons. The Hall–Kier alpha value is -2.70. The highest BCUT2D eigenvalue weighted by atomic mass is 16.2. The zero-order valence-corrected chi connectivity index (χ0v) is 13.9. The summed E-state index contributed by atoms with van der Waals surface area (Å²) in [6.07, 6.45) is 8.51. The summed E-state index contributed by atoms with van der Waals surface area (Å²) in [7, 11) is 0. The van der Waals surface area contributed by atoms with E-state index in [1.165, 1.54) is 11.1 Å². The maximum absolute atomic E-state index is 12.8. The van der Waals surface area contributed by atoms with E-state index in [4.69, 9.17) is 0 Å². The van der Waals surface area contributed by atoms with Gasteiger partial charge >= 0.3 is 6.03 Å². The number of fused-ring (bicyclic) bond motifs is 1. The van der Waals surface area contributed by atoms with E-state index in [2.05, 4.69) is 27.8 Å². The van der Waals surface area contributed by atoms with E-state index >= 15 is 0 Å². The van der Waals surface area contributed by atoms with E-state index in [0.29, 0.717) is 5.69 Å². The van der Waals surface area contributed by atoms with Crippen LogP contribution >= 0.6 is 0 Å². The quantitative estimate of drug-likeness (QED) is 0.648. The standard InChI is InChI=1S/C18H20N4O3/c1-10(20-18(25)21-13-3-2-8-19-9-13)22-16(23)14-11-4-5-12(7-6-11)15(14)17(22)24/h2-5,8-12,14-15H,6-7H2,1H3,(H2,20,21,25)/t10-,11+,12+,14-,15-/m1/s1. The first-order valence-electron chi connectivity index (χ1n) is 8.59. The Morgan fingerprint density at radius 2 is 1.84 bits per heavy atom. The van der Waals surface area contributed by atoms with Crippen molar-refractivity contribution < 1.29 is 14.4 Å². The third-order valence-electron chi connectivity index (χ3n) is 5.44. The molecule has 1 saturated carbocycles. The van der Waals surface area contributed by atoms with E-state index in [9.17, 15) is 14.4 Å². The molecule has 2 N–H and O–H groups in total. The number of rotatable bonds is 3. The predicted molar refractivity (Wildman–Crippen MR) is 90.0 cm³/mol. The van der Waals surface area contributed by atoms with E-state index in [-0.39, 0.29) is 35.5 Å².